The summed E-state index contributed by atoms with van der Waals surface area (Å²) in [7, 11) is 3.00. The highest BCUT2D eigenvalue weighted by molar-refractivity contribution is 5.91. The molecule has 0 unspecified atom stereocenters. The molecule has 0 bridgehead atoms. The average molecular weight is 461 g/mol. The van der Waals surface area contributed by atoms with Crippen molar-refractivity contribution in [2.24, 2.45) is 0 Å². The van der Waals surface area contributed by atoms with Crippen molar-refractivity contribution in [3.8, 4) is 11.5 Å². The Labute approximate surface area is 187 Å². The second-order valence-electron chi connectivity index (χ2n) is 7.35. The lowest BCUT2D eigenvalue weighted by Crippen LogP contribution is -2.50. The van der Waals surface area contributed by atoms with E-state index in [1.165, 1.54) is 30.1 Å². The van der Waals surface area contributed by atoms with E-state index in [9.17, 15) is 18.0 Å². The molecule has 0 radical (unpaired) electrons. The van der Waals surface area contributed by atoms with Crippen LogP contribution in [-0.4, -0.2) is 61.3 Å². The maximum absolute atomic E-state index is 13.7. The summed E-state index contributed by atoms with van der Waals surface area (Å²) in [6.45, 7) is 0.783. The van der Waals surface area contributed by atoms with E-state index >= 15 is 0 Å². The summed E-state index contributed by atoms with van der Waals surface area (Å²) < 4.78 is 51.5. The van der Waals surface area contributed by atoms with Gasteiger partial charge in [-0.1, -0.05) is 12.1 Å². The Kier molecular flexibility index (Phi) is 6.12. The fourth-order valence-corrected chi connectivity index (χ4v) is 3.63. The number of methoxy groups -OCH3 is 2. The number of hydrogen-bond acceptors (Lipinski definition) is 6. The van der Waals surface area contributed by atoms with Crippen LogP contribution in [0, 0.1) is 0 Å². The molecular formula is C22H22F3N5O3. The highest BCUT2D eigenvalue weighted by Gasteiger charge is 2.39. The van der Waals surface area contributed by atoms with Crippen molar-refractivity contribution < 1.29 is 27.4 Å². The van der Waals surface area contributed by atoms with Crippen molar-refractivity contribution in [1.29, 1.82) is 0 Å². The number of anilines is 2. The molecule has 3 aromatic rings. The van der Waals surface area contributed by atoms with E-state index in [0.717, 1.165) is 0 Å². The predicted octanol–water partition coefficient (Wildman–Crippen LogP) is 4.02. The molecule has 11 heteroatoms. The molecule has 0 atom stereocenters. The standard InChI is InChI=1S/C22H22F3N5O3/c1-32-14-7-8-18(33-2)17(13-14)28-21(31)30-11-9-29(10-12-30)20-19(22(23,24)25)26-15-5-3-4-6-16(15)27-20/h3-8,13H,9-12H2,1-2H3,(H,28,31). The van der Waals surface area contributed by atoms with Crippen LogP contribution in [0.3, 0.4) is 0 Å². The van der Waals surface area contributed by atoms with Crippen LogP contribution in [-0.2, 0) is 6.18 Å². The van der Waals surface area contributed by atoms with E-state index < -0.39 is 11.9 Å². The number of hydrogen-bond donors (Lipinski definition) is 1. The number of aromatic nitrogens is 2. The summed E-state index contributed by atoms with van der Waals surface area (Å²) in [5.41, 5.74) is -0.0335. The van der Waals surface area contributed by atoms with Gasteiger partial charge in [-0.3, -0.25) is 0 Å². The molecule has 1 aliphatic heterocycles. The van der Waals surface area contributed by atoms with Crippen LogP contribution < -0.4 is 19.7 Å². The molecular weight excluding hydrogens is 439 g/mol. The molecule has 0 aliphatic carbocycles. The van der Waals surface area contributed by atoms with Crippen molar-refractivity contribution in [3.63, 3.8) is 0 Å². The minimum absolute atomic E-state index is 0.179. The SMILES string of the molecule is COc1ccc(OC)c(NC(=O)N2CCN(c3nc4ccccc4nc3C(F)(F)F)CC2)c1. The summed E-state index contributed by atoms with van der Waals surface area (Å²) in [6.07, 6.45) is -4.65. The third-order valence-corrected chi connectivity index (χ3v) is 5.34. The zero-order valence-corrected chi connectivity index (χ0v) is 18.0. The third-order valence-electron chi connectivity index (χ3n) is 5.34. The quantitative estimate of drug-likeness (QED) is 0.632. The van der Waals surface area contributed by atoms with Gasteiger partial charge >= 0.3 is 12.2 Å². The summed E-state index contributed by atoms with van der Waals surface area (Å²) in [4.78, 5) is 23.9. The fraction of sp³-hybridized carbons (Fsp3) is 0.318. The number of piperazine rings is 1. The normalized spacial score (nSPS) is 14.3. The van der Waals surface area contributed by atoms with Crippen molar-refractivity contribution in [1.82, 2.24) is 14.9 Å². The molecule has 2 aromatic carbocycles. The van der Waals surface area contributed by atoms with E-state index in [1.807, 2.05) is 0 Å². The smallest absolute Gasteiger partial charge is 0.437 e. The Balaban J connectivity index is 1.50. The monoisotopic (exact) mass is 461 g/mol. The van der Waals surface area contributed by atoms with E-state index in [4.69, 9.17) is 9.47 Å². The lowest BCUT2D eigenvalue weighted by Gasteiger charge is -2.36. The number of ether oxygens (including phenoxy) is 2. The number of nitrogens with one attached hydrogen (secondary N) is 1. The number of fused-ring (bicyclic) bond motifs is 1. The molecule has 1 aromatic heterocycles. The molecule has 2 heterocycles. The van der Waals surface area contributed by atoms with Gasteiger partial charge in [-0.2, -0.15) is 13.2 Å². The maximum atomic E-state index is 13.7. The van der Waals surface area contributed by atoms with Crippen LogP contribution in [0.4, 0.5) is 29.5 Å². The summed E-state index contributed by atoms with van der Waals surface area (Å²) in [5.74, 6) is 0.783. The number of alkyl halides is 3. The number of amides is 2. The first kappa shape index (κ1) is 22.4. The average Bonchev–Trinajstić information content (AvgIpc) is 2.82. The number of urea groups is 1. The number of carbonyl (C=O) groups excluding carboxylic acids is 1. The number of carbonyl (C=O) groups is 1. The van der Waals surface area contributed by atoms with Gasteiger partial charge in [-0.25, -0.2) is 14.8 Å². The molecule has 1 N–H and O–H groups in total. The summed E-state index contributed by atoms with van der Waals surface area (Å²) in [6, 6.07) is 11.1. The fourth-order valence-electron chi connectivity index (χ4n) is 3.63. The number of nitrogens with zero attached hydrogens (tertiary/aromatic N) is 4. The van der Waals surface area contributed by atoms with Crippen molar-refractivity contribution >= 4 is 28.6 Å². The lowest BCUT2D eigenvalue weighted by molar-refractivity contribution is -0.140. The first-order valence-corrected chi connectivity index (χ1v) is 10.2. The lowest BCUT2D eigenvalue weighted by atomic mass is 10.2. The molecule has 33 heavy (non-hydrogen) atoms. The maximum Gasteiger partial charge on any atom is 0.437 e. The van der Waals surface area contributed by atoms with Crippen LogP contribution in [0.25, 0.3) is 11.0 Å². The zero-order valence-electron chi connectivity index (χ0n) is 18.0. The first-order chi connectivity index (χ1) is 15.8. The second-order valence-corrected chi connectivity index (χ2v) is 7.35. The minimum Gasteiger partial charge on any atom is -0.497 e. The molecule has 174 valence electrons. The van der Waals surface area contributed by atoms with E-state index in [-0.39, 0.29) is 43.5 Å². The van der Waals surface area contributed by atoms with Gasteiger partial charge < -0.3 is 24.6 Å². The van der Waals surface area contributed by atoms with Crippen LogP contribution in [0.5, 0.6) is 11.5 Å². The molecule has 1 saturated heterocycles. The highest BCUT2D eigenvalue weighted by Crippen LogP contribution is 2.36. The molecule has 0 spiro atoms. The largest absolute Gasteiger partial charge is 0.497 e. The topological polar surface area (TPSA) is 79.8 Å². The Hall–Kier alpha value is -3.76. The van der Waals surface area contributed by atoms with E-state index in [2.05, 4.69) is 15.3 Å². The summed E-state index contributed by atoms with van der Waals surface area (Å²) in [5, 5.41) is 2.78. The van der Waals surface area contributed by atoms with Crippen molar-refractivity contribution in [2.45, 2.75) is 6.18 Å². The van der Waals surface area contributed by atoms with Crippen molar-refractivity contribution in [2.75, 3.05) is 50.6 Å². The van der Waals surface area contributed by atoms with Crippen LogP contribution >= 0.6 is 0 Å². The highest BCUT2D eigenvalue weighted by atomic mass is 19.4. The Morgan fingerprint density at radius 3 is 2.24 bits per heavy atom. The van der Waals surface area contributed by atoms with E-state index in [0.29, 0.717) is 22.7 Å². The van der Waals surface area contributed by atoms with Gasteiger partial charge in [0, 0.05) is 32.2 Å². The molecule has 8 nitrogen and oxygen atoms in total. The second kappa shape index (κ2) is 9.00. The zero-order chi connectivity index (χ0) is 23.6. The molecule has 0 saturated carbocycles. The number of benzene rings is 2. The van der Waals surface area contributed by atoms with Gasteiger partial charge in [0.15, 0.2) is 11.5 Å². The van der Waals surface area contributed by atoms with Gasteiger partial charge in [-0.05, 0) is 24.3 Å². The van der Waals surface area contributed by atoms with Crippen LogP contribution in [0.15, 0.2) is 42.5 Å². The molecule has 4 rings (SSSR count). The first-order valence-electron chi connectivity index (χ1n) is 10.2. The predicted molar refractivity (Wildman–Crippen MR) is 117 cm³/mol. The summed E-state index contributed by atoms with van der Waals surface area (Å²) >= 11 is 0. The van der Waals surface area contributed by atoms with Crippen molar-refractivity contribution in [3.05, 3.63) is 48.2 Å². The molecule has 1 fully saturated rings. The number of rotatable bonds is 4. The minimum atomic E-state index is -4.65. The Morgan fingerprint density at radius 2 is 1.64 bits per heavy atom. The van der Waals surface area contributed by atoms with Gasteiger partial charge in [-0.15, -0.1) is 0 Å². The van der Waals surface area contributed by atoms with Crippen LogP contribution in [0.1, 0.15) is 5.69 Å². The van der Waals surface area contributed by atoms with E-state index in [1.54, 1.807) is 36.4 Å². The number of para-hydroxylation sites is 2. The Bertz CT molecular complexity index is 1160. The third kappa shape index (κ3) is 4.71. The van der Waals surface area contributed by atoms with Gasteiger partial charge in [0.25, 0.3) is 0 Å². The molecule has 2 amide bonds. The van der Waals surface area contributed by atoms with Gasteiger partial charge in [0.2, 0.25) is 0 Å². The van der Waals surface area contributed by atoms with Crippen LogP contribution in [0.2, 0.25) is 0 Å². The van der Waals surface area contributed by atoms with Gasteiger partial charge in [0.1, 0.15) is 11.5 Å². The van der Waals surface area contributed by atoms with Gasteiger partial charge in [0.05, 0.1) is 30.9 Å². The molecule has 1 aliphatic rings. The Morgan fingerprint density at radius 1 is 0.970 bits per heavy atom. The number of halogens is 3.